The highest BCUT2D eigenvalue weighted by Gasteiger charge is 2.29. The molecule has 0 aliphatic heterocycles. The van der Waals surface area contributed by atoms with Crippen LogP contribution in [-0.4, -0.2) is 30.4 Å². The van der Waals surface area contributed by atoms with Gasteiger partial charge in [-0.15, -0.1) is 0 Å². The lowest BCUT2D eigenvalue weighted by Gasteiger charge is -2.13. The van der Waals surface area contributed by atoms with Gasteiger partial charge in [-0.05, 0) is 12.1 Å². The fraction of sp³-hybridized carbons (Fsp3) is 0.227. The lowest BCUT2D eigenvalue weighted by Crippen LogP contribution is -2.26. The number of furan rings is 1. The zero-order valence-corrected chi connectivity index (χ0v) is 16.1. The molecule has 5 nitrogen and oxygen atoms in total. The molecular weight excluding hydrogens is 399 g/mol. The van der Waals surface area contributed by atoms with Crippen molar-refractivity contribution in [2.75, 3.05) is 13.2 Å². The van der Waals surface area contributed by atoms with Gasteiger partial charge in [0.05, 0.1) is 6.61 Å². The smallest absolute Gasteiger partial charge is 0.422 e. The van der Waals surface area contributed by atoms with Crippen LogP contribution in [0.25, 0.3) is 22.1 Å². The summed E-state index contributed by atoms with van der Waals surface area (Å²) in [5.74, 6) is -0.803. The van der Waals surface area contributed by atoms with Gasteiger partial charge in [0.2, 0.25) is 0 Å². The third-order valence-corrected chi connectivity index (χ3v) is 4.48. The molecular formula is C22H20F3NO4. The van der Waals surface area contributed by atoms with Crippen molar-refractivity contribution >= 4 is 16.9 Å². The van der Waals surface area contributed by atoms with E-state index in [1.165, 1.54) is 12.1 Å². The van der Waals surface area contributed by atoms with Crippen LogP contribution < -0.4 is 10.1 Å². The first-order valence-corrected chi connectivity index (χ1v) is 9.12. The molecule has 0 saturated carbocycles. The van der Waals surface area contributed by atoms with Crippen LogP contribution in [0.3, 0.4) is 0 Å². The highest BCUT2D eigenvalue weighted by atomic mass is 19.4. The van der Waals surface area contributed by atoms with E-state index in [0.29, 0.717) is 27.8 Å². The number of alkyl halides is 3. The van der Waals surface area contributed by atoms with Crippen molar-refractivity contribution in [1.82, 2.24) is 5.32 Å². The van der Waals surface area contributed by atoms with E-state index in [0.717, 1.165) is 0 Å². The summed E-state index contributed by atoms with van der Waals surface area (Å²) in [7, 11) is 0. The molecule has 30 heavy (non-hydrogen) atoms. The topological polar surface area (TPSA) is 71.7 Å². The van der Waals surface area contributed by atoms with Crippen LogP contribution in [-0.2, 0) is 0 Å². The van der Waals surface area contributed by atoms with Gasteiger partial charge in [-0.25, -0.2) is 0 Å². The van der Waals surface area contributed by atoms with Crippen molar-refractivity contribution in [3.8, 4) is 16.9 Å². The van der Waals surface area contributed by atoms with Gasteiger partial charge in [-0.1, -0.05) is 49.9 Å². The molecule has 0 spiro atoms. The van der Waals surface area contributed by atoms with E-state index in [1.54, 1.807) is 43.3 Å². The van der Waals surface area contributed by atoms with Crippen LogP contribution in [0, 0.1) is 5.92 Å². The number of nitrogens with one attached hydrogen (secondary N) is 1. The summed E-state index contributed by atoms with van der Waals surface area (Å²) in [6.07, 6.45) is -4.47. The SMILES string of the molecule is C=C(NC(=O)c1cc2cccc(-c3ccccc3OCC(F)(F)F)c2o1)C(C)CO. The predicted octanol–water partition coefficient (Wildman–Crippen LogP) is 4.91. The van der Waals surface area contributed by atoms with Crippen LogP contribution in [0.15, 0.2) is 65.2 Å². The Hall–Kier alpha value is -3.26. The Morgan fingerprint density at radius 1 is 1.20 bits per heavy atom. The summed E-state index contributed by atoms with van der Waals surface area (Å²) < 4.78 is 48.5. The lowest BCUT2D eigenvalue weighted by molar-refractivity contribution is -0.153. The number of halogens is 3. The summed E-state index contributed by atoms with van der Waals surface area (Å²) in [4.78, 5) is 12.5. The molecule has 3 rings (SSSR count). The third-order valence-electron chi connectivity index (χ3n) is 4.48. The quantitative estimate of drug-likeness (QED) is 0.571. The Kier molecular flexibility index (Phi) is 6.17. The van der Waals surface area contributed by atoms with Crippen molar-refractivity contribution < 1.29 is 32.2 Å². The molecule has 1 aromatic heterocycles. The number of amides is 1. The van der Waals surface area contributed by atoms with Gasteiger partial charge in [-0.3, -0.25) is 4.79 Å². The molecule has 1 atom stereocenters. The lowest BCUT2D eigenvalue weighted by atomic mass is 10.0. The number of hydrogen-bond donors (Lipinski definition) is 2. The summed E-state index contributed by atoms with van der Waals surface area (Å²) >= 11 is 0. The standard InChI is InChI=1S/C22H20F3NO4/c1-13(11-27)14(2)26-21(28)19-10-15-6-5-8-17(20(15)30-19)16-7-3-4-9-18(16)29-12-22(23,24)25/h3-10,13,27H,2,11-12H2,1H3,(H,26,28). The molecule has 1 unspecified atom stereocenters. The number of hydrogen-bond acceptors (Lipinski definition) is 4. The second-order valence-electron chi connectivity index (χ2n) is 6.80. The third kappa shape index (κ3) is 4.83. The molecule has 2 aromatic carbocycles. The van der Waals surface area contributed by atoms with Crippen LogP contribution in [0.2, 0.25) is 0 Å². The van der Waals surface area contributed by atoms with Crippen LogP contribution in [0.1, 0.15) is 17.5 Å². The molecule has 8 heteroatoms. The van der Waals surface area contributed by atoms with Crippen molar-refractivity contribution in [2.24, 2.45) is 5.92 Å². The monoisotopic (exact) mass is 419 g/mol. The summed E-state index contributed by atoms with van der Waals surface area (Å²) in [6, 6.07) is 13.0. The molecule has 158 valence electrons. The van der Waals surface area contributed by atoms with E-state index in [4.69, 9.17) is 14.3 Å². The molecule has 0 aliphatic carbocycles. The second-order valence-corrected chi connectivity index (χ2v) is 6.80. The molecule has 0 fully saturated rings. The minimum Gasteiger partial charge on any atom is -0.483 e. The maximum absolute atomic E-state index is 12.6. The highest BCUT2D eigenvalue weighted by molar-refractivity contribution is 6.01. The van der Waals surface area contributed by atoms with E-state index in [-0.39, 0.29) is 24.0 Å². The van der Waals surface area contributed by atoms with E-state index >= 15 is 0 Å². The predicted molar refractivity (Wildman–Crippen MR) is 106 cm³/mol. The van der Waals surface area contributed by atoms with Crippen LogP contribution in [0.4, 0.5) is 13.2 Å². The summed E-state index contributed by atoms with van der Waals surface area (Å²) in [6.45, 7) is 3.84. The average molecular weight is 419 g/mol. The number of carbonyl (C=O) groups is 1. The van der Waals surface area contributed by atoms with Crippen molar-refractivity contribution in [3.63, 3.8) is 0 Å². The van der Waals surface area contributed by atoms with E-state index in [9.17, 15) is 18.0 Å². The van der Waals surface area contributed by atoms with Gasteiger partial charge in [-0.2, -0.15) is 13.2 Å². The Morgan fingerprint density at radius 3 is 2.60 bits per heavy atom. The zero-order valence-electron chi connectivity index (χ0n) is 16.1. The maximum atomic E-state index is 12.6. The number of rotatable bonds is 7. The van der Waals surface area contributed by atoms with E-state index in [2.05, 4.69) is 11.9 Å². The van der Waals surface area contributed by atoms with Gasteiger partial charge in [0.25, 0.3) is 5.91 Å². The number of fused-ring (bicyclic) bond motifs is 1. The minimum absolute atomic E-state index is 0.0115. The minimum atomic E-state index is -4.47. The van der Waals surface area contributed by atoms with E-state index in [1.807, 2.05) is 0 Å². The number of carbonyl (C=O) groups excluding carboxylic acids is 1. The van der Waals surface area contributed by atoms with E-state index < -0.39 is 18.7 Å². The van der Waals surface area contributed by atoms with Gasteiger partial charge in [0.15, 0.2) is 12.4 Å². The van der Waals surface area contributed by atoms with Gasteiger partial charge in [0.1, 0.15) is 11.3 Å². The van der Waals surface area contributed by atoms with Crippen molar-refractivity contribution in [1.29, 1.82) is 0 Å². The normalized spacial score (nSPS) is 12.6. The molecule has 0 bridgehead atoms. The number of benzene rings is 2. The van der Waals surface area contributed by atoms with Crippen LogP contribution in [0.5, 0.6) is 5.75 Å². The Morgan fingerprint density at radius 2 is 1.90 bits per heavy atom. The molecule has 0 radical (unpaired) electrons. The first-order chi connectivity index (χ1) is 14.2. The van der Waals surface area contributed by atoms with Gasteiger partial charge >= 0.3 is 6.18 Å². The number of ether oxygens (including phenoxy) is 1. The summed E-state index contributed by atoms with van der Waals surface area (Å²) in [5, 5.41) is 12.3. The Labute approximate surface area is 170 Å². The second kappa shape index (κ2) is 8.62. The Balaban J connectivity index is 1.96. The fourth-order valence-corrected chi connectivity index (χ4v) is 2.80. The number of aliphatic hydroxyl groups excluding tert-OH is 1. The molecule has 2 N–H and O–H groups in total. The first-order valence-electron chi connectivity index (χ1n) is 9.12. The van der Waals surface area contributed by atoms with Gasteiger partial charge < -0.3 is 19.6 Å². The fourth-order valence-electron chi connectivity index (χ4n) is 2.80. The zero-order chi connectivity index (χ0) is 21.9. The molecule has 1 amide bonds. The molecule has 1 heterocycles. The molecule has 0 saturated heterocycles. The van der Waals surface area contributed by atoms with Crippen molar-refractivity contribution in [2.45, 2.75) is 13.1 Å². The maximum Gasteiger partial charge on any atom is 0.422 e. The average Bonchev–Trinajstić information content (AvgIpc) is 3.16. The molecule has 0 aliphatic rings. The largest absolute Gasteiger partial charge is 0.483 e. The van der Waals surface area contributed by atoms with Crippen molar-refractivity contribution in [3.05, 3.63) is 66.6 Å². The van der Waals surface area contributed by atoms with Gasteiger partial charge in [0, 0.05) is 28.1 Å². The molecule has 3 aromatic rings. The van der Waals surface area contributed by atoms with Crippen LogP contribution >= 0.6 is 0 Å². The summed E-state index contributed by atoms with van der Waals surface area (Å²) in [5.41, 5.74) is 1.58. The Bertz CT molecular complexity index is 1070. The highest BCUT2D eigenvalue weighted by Crippen LogP contribution is 2.37. The first kappa shape index (κ1) is 21.4. The number of aliphatic hydroxyl groups is 1. The number of para-hydroxylation sites is 2.